The van der Waals surface area contributed by atoms with E-state index in [9.17, 15) is 13.2 Å². The van der Waals surface area contributed by atoms with E-state index in [2.05, 4.69) is 10.3 Å². The predicted octanol–water partition coefficient (Wildman–Crippen LogP) is 2.92. The van der Waals surface area contributed by atoms with Crippen molar-refractivity contribution in [1.82, 2.24) is 9.29 Å². The second-order valence-electron chi connectivity index (χ2n) is 6.89. The number of benzene rings is 2. The first-order valence-electron chi connectivity index (χ1n) is 9.44. The molecule has 3 aromatic rings. The van der Waals surface area contributed by atoms with E-state index in [0.717, 1.165) is 5.56 Å². The molecule has 30 heavy (non-hydrogen) atoms. The molecular formula is C21H21N3O5S. The van der Waals surface area contributed by atoms with Crippen molar-refractivity contribution in [1.29, 1.82) is 0 Å². The Labute approximate surface area is 174 Å². The summed E-state index contributed by atoms with van der Waals surface area (Å²) in [5.41, 5.74) is 2.31. The Morgan fingerprint density at radius 3 is 2.67 bits per heavy atom. The molecule has 1 N–H and O–H groups in total. The van der Waals surface area contributed by atoms with Crippen LogP contribution in [0.15, 0.2) is 64.4 Å². The summed E-state index contributed by atoms with van der Waals surface area (Å²) < 4.78 is 37.8. The Kier molecular flexibility index (Phi) is 5.67. The van der Waals surface area contributed by atoms with Crippen LogP contribution < -0.4 is 5.32 Å². The number of hydrogen-bond acceptors (Lipinski definition) is 6. The van der Waals surface area contributed by atoms with Gasteiger partial charge in [-0.25, -0.2) is 13.4 Å². The van der Waals surface area contributed by atoms with Gasteiger partial charge in [0.1, 0.15) is 0 Å². The molecule has 2 heterocycles. The first-order chi connectivity index (χ1) is 14.4. The molecule has 0 aliphatic carbocycles. The number of ether oxygens (including phenoxy) is 1. The molecule has 1 aliphatic rings. The van der Waals surface area contributed by atoms with Crippen molar-refractivity contribution in [2.45, 2.75) is 11.8 Å². The number of sulfonamides is 1. The number of amides is 1. The van der Waals surface area contributed by atoms with Gasteiger partial charge in [-0.1, -0.05) is 18.2 Å². The summed E-state index contributed by atoms with van der Waals surface area (Å²) in [5.74, 6) is 0.196. The van der Waals surface area contributed by atoms with Crippen LogP contribution in [0.1, 0.15) is 15.9 Å². The first-order valence-corrected chi connectivity index (χ1v) is 10.9. The number of oxazole rings is 1. The molecule has 1 amide bonds. The van der Waals surface area contributed by atoms with Gasteiger partial charge in [0.2, 0.25) is 10.0 Å². The van der Waals surface area contributed by atoms with Crippen LogP contribution in [0, 0.1) is 6.92 Å². The molecule has 1 saturated heterocycles. The minimum Gasteiger partial charge on any atom is -0.444 e. The lowest BCUT2D eigenvalue weighted by molar-refractivity contribution is 0.0730. The third kappa shape index (κ3) is 4.13. The minimum absolute atomic E-state index is 0.0931. The van der Waals surface area contributed by atoms with Gasteiger partial charge in [-0.2, -0.15) is 4.31 Å². The van der Waals surface area contributed by atoms with Crippen LogP contribution in [0.3, 0.4) is 0 Å². The largest absolute Gasteiger partial charge is 0.444 e. The van der Waals surface area contributed by atoms with Gasteiger partial charge in [0.05, 0.1) is 24.3 Å². The van der Waals surface area contributed by atoms with Crippen molar-refractivity contribution < 1.29 is 22.4 Å². The number of anilines is 1. The topological polar surface area (TPSA) is 102 Å². The molecule has 8 nitrogen and oxygen atoms in total. The van der Waals surface area contributed by atoms with Gasteiger partial charge in [-0.3, -0.25) is 4.79 Å². The number of nitrogens with one attached hydrogen (secondary N) is 1. The Morgan fingerprint density at radius 1 is 1.13 bits per heavy atom. The Balaban J connectivity index is 1.59. The van der Waals surface area contributed by atoms with Crippen LogP contribution in [0.4, 0.5) is 5.69 Å². The van der Waals surface area contributed by atoms with Gasteiger partial charge in [0.15, 0.2) is 12.2 Å². The zero-order valence-electron chi connectivity index (χ0n) is 16.4. The van der Waals surface area contributed by atoms with Crippen LogP contribution in [0.2, 0.25) is 0 Å². The summed E-state index contributed by atoms with van der Waals surface area (Å²) in [6.07, 6.45) is 2.93. The van der Waals surface area contributed by atoms with E-state index < -0.39 is 10.0 Å². The second-order valence-corrected chi connectivity index (χ2v) is 8.83. The van der Waals surface area contributed by atoms with E-state index >= 15 is 0 Å². The molecule has 0 unspecified atom stereocenters. The first kappa shape index (κ1) is 20.3. The summed E-state index contributed by atoms with van der Waals surface area (Å²) in [7, 11) is -3.69. The molecule has 4 rings (SSSR count). The van der Waals surface area contributed by atoms with E-state index in [-0.39, 0.29) is 10.8 Å². The summed E-state index contributed by atoms with van der Waals surface area (Å²) in [6, 6.07) is 11.8. The lowest BCUT2D eigenvalue weighted by Gasteiger charge is -2.26. The summed E-state index contributed by atoms with van der Waals surface area (Å²) >= 11 is 0. The molecule has 0 atom stereocenters. The fourth-order valence-corrected chi connectivity index (χ4v) is 4.68. The number of morpholine rings is 1. The van der Waals surface area contributed by atoms with Crippen molar-refractivity contribution in [2.24, 2.45) is 0 Å². The van der Waals surface area contributed by atoms with Gasteiger partial charge in [0.25, 0.3) is 5.91 Å². The van der Waals surface area contributed by atoms with E-state index in [1.165, 1.54) is 22.8 Å². The van der Waals surface area contributed by atoms with Gasteiger partial charge < -0.3 is 14.5 Å². The molecule has 1 aromatic heterocycles. The number of carbonyl (C=O) groups excluding carboxylic acids is 1. The van der Waals surface area contributed by atoms with Crippen molar-refractivity contribution in [3.63, 3.8) is 0 Å². The average Bonchev–Trinajstić information content (AvgIpc) is 3.30. The van der Waals surface area contributed by atoms with E-state index in [1.807, 2.05) is 6.07 Å². The highest BCUT2D eigenvalue weighted by Gasteiger charge is 2.27. The second kappa shape index (κ2) is 8.39. The molecule has 2 aromatic carbocycles. The van der Waals surface area contributed by atoms with Crippen LogP contribution in [-0.2, 0) is 14.8 Å². The van der Waals surface area contributed by atoms with Crippen LogP contribution in [-0.4, -0.2) is 49.9 Å². The number of aryl methyl sites for hydroxylation is 1. The quantitative estimate of drug-likeness (QED) is 0.672. The van der Waals surface area contributed by atoms with Crippen molar-refractivity contribution in [3.8, 4) is 11.3 Å². The lowest BCUT2D eigenvalue weighted by Crippen LogP contribution is -2.40. The molecule has 1 fully saturated rings. The molecule has 0 spiro atoms. The fraction of sp³-hybridized carbons (Fsp3) is 0.238. The minimum atomic E-state index is -3.69. The average molecular weight is 427 g/mol. The number of aromatic nitrogens is 1. The van der Waals surface area contributed by atoms with Gasteiger partial charge >= 0.3 is 0 Å². The Morgan fingerprint density at radius 2 is 1.93 bits per heavy atom. The smallest absolute Gasteiger partial charge is 0.255 e. The standard InChI is InChI=1S/C21H21N3O5S/c1-15-5-6-18(30(26,27)24-7-9-28-10-8-24)12-19(15)21(25)23-17-4-2-3-16(11-17)20-13-22-14-29-20/h2-6,11-14H,7-10H2,1H3,(H,23,25). The van der Waals surface area contributed by atoms with Crippen LogP contribution >= 0.6 is 0 Å². The van der Waals surface area contributed by atoms with E-state index in [1.54, 1.807) is 37.4 Å². The fourth-order valence-electron chi connectivity index (χ4n) is 3.25. The summed E-state index contributed by atoms with van der Waals surface area (Å²) in [4.78, 5) is 16.9. The monoisotopic (exact) mass is 427 g/mol. The highest BCUT2D eigenvalue weighted by atomic mass is 32.2. The van der Waals surface area contributed by atoms with Gasteiger partial charge in [-0.05, 0) is 36.8 Å². The summed E-state index contributed by atoms with van der Waals surface area (Å²) in [5, 5.41) is 2.83. The maximum Gasteiger partial charge on any atom is 0.255 e. The number of carbonyl (C=O) groups is 1. The molecule has 156 valence electrons. The third-order valence-corrected chi connectivity index (χ3v) is 6.79. The lowest BCUT2D eigenvalue weighted by atomic mass is 10.1. The Hall–Kier alpha value is -3.01. The molecule has 0 radical (unpaired) electrons. The van der Waals surface area contributed by atoms with Crippen molar-refractivity contribution >= 4 is 21.6 Å². The maximum atomic E-state index is 12.9. The molecule has 9 heteroatoms. The molecule has 1 aliphatic heterocycles. The highest BCUT2D eigenvalue weighted by Crippen LogP contribution is 2.24. The molecule has 0 saturated carbocycles. The van der Waals surface area contributed by atoms with Gasteiger partial charge in [-0.15, -0.1) is 0 Å². The zero-order valence-corrected chi connectivity index (χ0v) is 17.2. The molecular weight excluding hydrogens is 406 g/mol. The SMILES string of the molecule is Cc1ccc(S(=O)(=O)N2CCOCC2)cc1C(=O)Nc1cccc(-c2cnco2)c1. The highest BCUT2D eigenvalue weighted by molar-refractivity contribution is 7.89. The number of hydrogen-bond donors (Lipinski definition) is 1. The zero-order chi connectivity index (χ0) is 21.1. The normalized spacial score (nSPS) is 15.1. The van der Waals surface area contributed by atoms with Gasteiger partial charge in [0, 0.05) is 29.9 Å². The predicted molar refractivity (Wildman–Crippen MR) is 111 cm³/mol. The van der Waals surface area contributed by atoms with Crippen molar-refractivity contribution in [2.75, 3.05) is 31.6 Å². The number of rotatable bonds is 5. The molecule has 0 bridgehead atoms. The van der Waals surface area contributed by atoms with E-state index in [4.69, 9.17) is 9.15 Å². The maximum absolute atomic E-state index is 12.9. The number of nitrogens with zero attached hydrogens (tertiary/aromatic N) is 2. The third-order valence-electron chi connectivity index (χ3n) is 4.90. The Bertz CT molecular complexity index is 1150. The van der Waals surface area contributed by atoms with Crippen molar-refractivity contribution in [3.05, 3.63) is 66.2 Å². The van der Waals surface area contributed by atoms with Crippen LogP contribution in [0.25, 0.3) is 11.3 Å². The summed E-state index contributed by atoms with van der Waals surface area (Å²) in [6.45, 7) is 3.09. The van der Waals surface area contributed by atoms with Crippen LogP contribution in [0.5, 0.6) is 0 Å². The van der Waals surface area contributed by atoms with E-state index in [0.29, 0.717) is 48.9 Å².